The first-order chi connectivity index (χ1) is 12.5. The Morgan fingerprint density at radius 1 is 1.00 bits per heavy atom. The van der Waals surface area contributed by atoms with Gasteiger partial charge in [0, 0.05) is 24.3 Å². The standard InChI is InChI=1S/C20H24N6/c1-13-6-8-16(9-7-13)18-22-20-17-14(2)15(3)25(11-10-24(4)5)19(17)21-12-26(20)23-18/h6-9,12H,10-11H2,1-5H3. The number of likely N-dealkylation sites (N-methyl/N-ethyl adjacent to an activating group) is 1. The molecule has 0 aliphatic heterocycles. The molecule has 0 saturated heterocycles. The average Bonchev–Trinajstić information content (AvgIpc) is 3.14. The van der Waals surface area contributed by atoms with Gasteiger partial charge in [0.05, 0.1) is 5.39 Å². The number of hydrogen-bond donors (Lipinski definition) is 0. The van der Waals surface area contributed by atoms with Crippen molar-refractivity contribution in [2.75, 3.05) is 20.6 Å². The molecule has 0 aliphatic rings. The molecule has 6 nitrogen and oxygen atoms in total. The van der Waals surface area contributed by atoms with Crippen molar-refractivity contribution in [1.29, 1.82) is 0 Å². The zero-order chi connectivity index (χ0) is 18.4. The fourth-order valence-electron chi connectivity index (χ4n) is 3.33. The molecule has 4 aromatic rings. The lowest BCUT2D eigenvalue weighted by molar-refractivity contribution is 0.384. The van der Waals surface area contributed by atoms with E-state index >= 15 is 0 Å². The van der Waals surface area contributed by atoms with E-state index in [9.17, 15) is 0 Å². The molecule has 26 heavy (non-hydrogen) atoms. The number of aromatic nitrogens is 5. The van der Waals surface area contributed by atoms with Gasteiger partial charge in [-0.1, -0.05) is 29.8 Å². The van der Waals surface area contributed by atoms with Crippen LogP contribution in [0.5, 0.6) is 0 Å². The van der Waals surface area contributed by atoms with Crippen LogP contribution in [0.4, 0.5) is 0 Å². The van der Waals surface area contributed by atoms with Crippen LogP contribution in [0.2, 0.25) is 0 Å². The molecular weight excluding hydrogens is 324 g/mol. The molecule has 6 heteroatoms. The minimum Gasteiger partial charge on any atom is -0.328 e. The molecule has 1 aromatic carbocycles. The molecule has 0 radical (unpaired) electrons. The summed E-state index contributed by atoms with van der Waals surface area (Å²) in [5, 5.41) is 5.73. The van der Waals surface area contributed by atoms with Gasteiger partial charge in [0.25, 0.3) is 0 Å². The summed E-state index contributed by atoms with van der Waals surface area (Å²) in [4.78, 5) is 11.7. The van der Waals surface area contributed by atoms with Crippen molar-refractivity contribution in [1.82, 2.24) is 29.0 Å². The van der Waals surface area contributed by atoms with Gasteiger partial charge >= 0.3 is 0 Å². The van der Waals surface area contributed by atoms with E-state index in [-0.39, 0.29) is 0 Å². The predicted octanol–water partition coefficient (Wildman–Crippen LogP) is 3.23. The molecule has 3 aromatic heterocycles. The van der Waals surface area contributed by atoms with Crippen molar-refractivity contribution >= 4 is 16.7 Å². The molecule has 0 fully saturated rings. The summed E-state index contributed by atoms with van der Waals surface area (Å²) in [5.41, 5.74) is 6.56. The maximum Gasteiger partial charge on any atom is 0.182 e. The van der Waals surface area contributed by atoms with Crippen molar-refractivity contribution in [3.05, 3.63) is 47.4 Å². The van der Waals surface area contributed by atoms with Crippen LogP contribution in [-0.4, -0.2) is 49.7 Å². The molecule has 0 unspecified atom stereocenters. The number of aryl methyl sites for hydroxylation is 2. The van der Waals surface area contributed by atoms with Crippen LogP contribution >= 0.6 is 0 Å². The lowest BCUT2D eigenvalue weighted by Gasteiger charge is -2.12. The van der Waals surface area contributed by atoms with Gasteiger partial charge < -0.3 is 9.47 Å². The van der Waals surface area contributed by atoms with Gasteiger partial charge in [-0.3, -0.25) is 0 Å². The Labute approximate surface area is 153 Å². The Bertz CT molecular complexity index is 1090. The van der Waals surface area contributed by atoms with E-state index in [1.54, 1.807) is 10.8 Å². The van der Waals surface area contributed by atoms with E-state index in [4.69, 9.17) is 9.97 Å². The second kappa shape index (κ2) is 6.21. The van der Waals surface area contributed by atoms with Crippen molar-refractivity contribution in [3.8, 4) is 11.4 Å². The maximum absolute atomic E-state index is 4.84. The van der Waals surface area contributed by atoms with Gasteiger partial charge in [-0.15, -0.1) is 5.10 Å². The first-order valence-electron chi connectivity index (χ1n) is 8.88. The normalized spacial score (nSPS) is 11.9. The molecule has 0 N–H and O–H groups in total. The van der Waals surface area contributed by atoms with Crippen LogP contribution in [0.15, 0.2) is 30.6 Å². The summed E-state index contributed by atoms with van der Waals surface area (Å²) >= 11 is 0. The molecule has 4 rings (SSSR count). The van der Waals surface area contributed by atoms with E-state index < -0.39 is 0 Å². The zero-order valence-corrected chi connectivity index (χ0v) is 16.0. The van der Waals surface area contributed by atoms with Crippen LogP contribution in [0.3, 0.4) is 0 Å². The van der Waals surface area contributed by atoms with Crippen LogP contribution in [-0.2, 0) is 6.54 Å². The average molecular weight is 348 g/mol. The van der Waals surface area contributed by atoms with E-state index in [0.29, 0.717) is 0 Å². The summed E-state index contributed by atoms with van der Waals surface area (Å²) < 4.78 is 4.07. The van der Waals surface area contributed by atoms with E-state index in [1.165, 1.54) is 16.8 Å². The van der Waals surface area contributed by atoms with Crippen LogP contribution in [0, 0.1) is 20.8 Å². The number of hydrogen-bond acceptors (Lipinski definition) is 4. The summed E-state index contributed by atoms with van der Waals surface area (Å²) in [7, 11) is 4.18. The Morgan fingerprint density at radius 2 is 1.73 bits per heavy atom. The number of rotatable bonds is 4. The van der Waals surface area contributed by atoms with Gasteiger partial charge in [-0.05, 0) is 40.4 Å². The molecule has 0 saturated carbocycles. The number of fused-ring (bicyclic) bond motifs is 3. The third kappa shape index (κ3) is 2.66. The lowest BCUT2D eigenvalue weighted by Crippen LogP contribution is -2.19. The third-order valence-electron chi connectivity index (χ3n) is 5.03. The Hall–Kier alpha value is -2.73. The molecule has 134 valence electrons. The maximum atomic E-state index is 4.84. The molecule has 0 aliphatic carbocycles. The van der Waals surface area contributed by atoms with Crippen molar-refractivity contribution < 1.29 is 0 Å². The second-order valence-electron chi connectivity index (χ2n) is 7.18. The molecule has 0 amide bonds. The smallest absolute Gasteiger partial charge is 0.182 e. The van der Waals surface area contributed by atoms with Gasteiger partial charge in [-0.25, -0.2) is 14.5 Å². The van der Waals surface area contributed by atoms with Gasteiger partial charge in [-0.2, -0.15) is 0 Å². The highest BCUT2D eigenvalue weighted by molar-refractivity contribution is 5.94. The summed E-state index contributed by atoms with van der Waals surface area (Å²) in [6, 6.07) is 8.30. The second-order valence-corrected chi connectivity index (χ2v) is 7.18. The number of nitrogens with zero attached hydrogens (tertiary/aromatic N) is 6. The quantitative estimate of drug-likeness (QED) is 0.568. The summed E-state index contributed by atoms with van der Waals surface area (Å²) in [6.45, 7) is 8.26. The number of benzene rings is 1. The van der Waals surface area contributed by atoms with Gasteiger partial charge in [0.2, 0.25) is 0 Å². The SMILES string of the molecule is Cc1ccc(-c2nc3c4c(C)c(C)n(CCN(C)C)c4ncn3n2)cc1. The van der Waals surface area contributed by atoms with Crippen LogP contribution < -0.4 is 0 Å². The summed E-state index contributed by atoms with van der Waals surface area (Å²) in [6.07, 6.45) is 1.77. The molecule has 0 atom stereocenters. The van der Waals surface area contributed by atoms with Crippen molar-refractivity contribution in [2.45, 2.75) is 27.3 Å². The first-order valence-corrected chi connectivity index (χ1v) is 8.88. The fraction of sp³-hybridized carbons (Fsp3) is 0.350. The largest absolute Gasteiger partial charge is 0.328 e. The Balaban J connectivity index is 1.89. The van der Waals surface area contributed by atoms with Crippen LogP contribution in [0.25, 0.3) is 28.1 Å². The van der Waals surface area contributed by atoms with E-state index in [0.717, 1.165) is 41.2 Å². The van der Waals surface area contributed by atoms with Crippen molar-refractivity contribution in [3.63, 3.8) is 0 Å². The van der Waals surface area contributed by atoms with Crippen molar-refractivity contribution in [2.24, 2.45) is 0 Å². The highest BCUT2D eigenvalue weighted by Gasteiger charge is 2.18. The van der Waals surface area contributed by atoms with Crippen LogP contribution in [0.1, 0.15) is 16.8 Å². The van der Waals surface area contributed by atoms with Gasteiger partial charge in [0.15, 0.2) is 11.5 Å². The Morgan fingerprint density at radius 3 is 2.42 bits per heavy atom. The minimum atomic E-state index is 0.734. The molecule has 3 heterocycles. The summed E-state index contributed by atoms with van der Waals surface area (Å²) in [5.74, 6) is 0.734. The topological polar surface area (TPSA) is 51.2 Å². The highest BCUT2D eigenvalue weighted by atomic mass is 15.3. The third-order valence-corrected chi connectivity index (χ3v) is 5.03. The fourth-order valence-corrected chi connectivity index (χ4v) is 3.33. The molecular formula is C20H24N6. The Kier molecular flexibility index (Phi) is 4.00. The molecule has 0 bridgehead atoms. The molecule has 0 spiro atoms. The van der Waals surface area contributed by atoms with E-state index in [2.05, 4.69) is 73.7 Å². The first kappa shape index (κ1) is 16.7. The monoisotopic (exact) mass is 348 g/mol. The predicted molar refractivity (Wildman–Crippen MR) is 104 cm³/mol. The zero-order valence-electron chi connectivity index (χ0n) is 16.0. The highest BCUT2D eigenvalue weighted by Crippen LogP contribution is 2.28. The van der Waals surface area contributed by atoms with Gasteiger partial charge in [0.1, 0.15) is 12.0 Å². The minimum absolute atomic E-state index is 0.734. The lowest BCUT2D eigenvalue weighted by atomic mass is 10.1. The van der Waals surface area contributed by atoms with E-state index in [1.807, 2.05) is 0 Å².